The molecule has 2 aromatic carbocycles. The van der Waals surface area contributed by atoms with Gasteiger partial charge in [0.05, 0.1) is 11.5 Å². The zero-order valence-corrected chi connectivity index (χ0v) is 22.1. The van der Waals surface area contributed by atoms with Gasteiger partial charge in [-0.25, -0.2) is 18.0 Å². The van der Waals surface area contributed by atoms with Crippen LogP contribution in [-0.4, -0.2) is 67.0 Å². The largest absolute Gasteiger partial charge is 0.480 e. The Morgan fingerprint density at radius 3 is 2.26 bits per heavy atom. The number of carbonyl (C=O) groups is 3. The van der Waals surface area contributed by atoms with E-state index in [0.29, 0.717) is 5.56 Å². The Hall–Kier alpha value is -3.40. The van der Waals surface area contributed by atoms with Gasteiger partial charge in [-0.3, -0.25) is 4.79 Å². The smallest absolute Gasteiger partial charge is 0.415 e. The highest BCUT2D eigenvalue weighted by Gasteiger charge is 2.33. The Bertz CT molecular complexity index is 1220. The topological polar surface area (TPSA) is 130 Å². The summed E-state index contributed by atoms with van der Waals surface area (Å²) in [6.07, 6.45) is 3.98. The standard InChI is InChI=1S/C28H34N2O7S/c31-26(24-9-5-4-8-22(24)18-20-6-2-1-3-7-20)29-25(27(32)33)19-21-10-12-23(13-11-21)37-28(34)30-14-16-38(35,36)17-15-30/h1-3,6-7,10-13,22,24-25H,4-5,8-9,14-19H2,(H,29,31)(H,32,33). The molecule has 0 radical (unpaired) electrons. The van der Waals surface area contributed by atoms with Crippen LogP contribution in [0.4, 0.5) is 4.79 Å². The summed E-state index contributed by atoms with van der Waals surface area (Å²) < 4.78 is 28.4. The molecule has 4 rings (SSSR count). The van der Waals surface area contributed by atoms with E-state index in [1.165, 1.54) is 10.5 Å². The third-order valence-corrected chi connectivity index (χ3v) is 8.98. The fourth-order valence-corrected chi connectivity index (χ4v) is 6.38. The Kier molecular flexibility index (Phi) is 9.04. The molecule has 1 aliphatic carbocycles. The van der Waals surface area contributed by atoms with Crippen molar-refractivity contribution in [2.75, 3.05) is 24.6 Å². The number of benzene rings is 2. The van der Waals surface area contributed by atoms with Gasteiger partial charge < -0.3 is 20.1 Å². The van der Waals surface area contributed by atoms with E-state index >= 15 is 0 Å². The first kappa shape index (κ1) is 27.6. The fraction of sp³-hybridized carbons (Fsp3) is 0.464. The third-order valence-electron chi connectivity index (χ3n) is 7.37. The molecule has 2 aliphatic rings. The molecule has 204 valence electrons. The van der Waals surface area contributed by atoms with Crippen LogP contribution >= 0.6 is 0 Å². The molecule has 1 saturated carbocycles. The summed E-state index contributed by atoms with van der Waals surface area (Å²) in [5.74, 6) is -1.27. The predicted octanol–water partition coefficient (Wildman–Crippen LogP) is 3.08. The lowest BCUT2D eigenvalue weighted by Gasteiger charge is -2.31. The first-order chi connectivity index (χ1) is 18.2. The van der Waals surface area contributed by atoms with Crippen molar-refractivity contribution >= 4 is 27.8 Å². The van der Waals surface area contributed by atoms with Gasteiger partial charge in [0, 0.05) is 25.4 Å². The third kappa shape index (κ3) is 7.56. The lowest BCUT2D eigenvalue weighted by atomic mass is 9.75. The number of hydrogen-bond acceptors (Lipinski definition) is 6. The molecule has 9 nitrogen and oxygen atoms in total. The first-order valence-corrected chi connectivity index (χ1v) is 14.9. The summed E-state index contributed by atoms with van der Waals surface area (Å²) in [5.41, 5.74) is 1.85. The molecule has 1 heterocycles. The summed E-state index contributed by atoms with van der Waals surface area (Å²) in [6, 6.07) is 15.4. The summed E-state index contributed by atoms with van der Waals surface area (Å²) in [4.78, 5) is 38.9. The van der Waals surface area contributed by atoms with Crippen LogP contribution in [0.15, 0.2) is 54.6 Å². The summed E-state index contributed by atoms with van der Waals surface area (Å²) in [7, 11) is -3.11. The Labute approximate surface area is 223 Å². The van der Waals surface area contributed by atoms with E-state index in [9.17, 15) is 27.9 Å². The second kappa shape index (κ2) is 12.4. The summed E-state index contributed by atoms with van der Waals surface area (Å²) >= 11 is 0. The van der Waals surface area contributed by atoms with E-state index in [1.54, 1.807) is 24.3 Å². The minimum Gasteiger partial charge on any atom is -0.480 e. The van der Waals surface area contributed by atoms with E-state index in [4.69, 9.17) is 4.74 Å². The van der Waals surface area contributed by atoms with Gasteiger partial charge in [0.2, 0.25) is 5.91 Å². The number of carbonyl (C=O) groups excluding carboxylic acids is 2. The number of carboxylic acids is 1. The quantitative estimate of drug-likeness (QED) is 0.524. The zero-order chi connectivity index (χ0) is 27.1. The maximum atomic E-state index is 13.2. The van der Waals surface area contributed by atoms with Crippen molar-refractivity contribution in [1.82, 2.24) is 10.2 Å². The molecule has 2 aromatic rings. The van der Waals surface area contributed by atoms with Crippen molar-refractivity contribution in [3.05, 3.63) is 65.7 Å². The normalized spacial score (nSPS) is 21.7. The molecular formula is C28H34N2O7S. The fourth-order valence-electron chi connectivity index (χ4n) is 5.18. The van der Waals surface area contributed by atoms with E-state index in [1.807, 2.05) is 18.2 Å². The number of aliphatic carboxylic acids is 1. The summed E-state index contributed by atoms with van der Waals surface area (Å²) in [6.45, 7) is 0.179. The molecule has 0 bridgehead atoms. The van der Waals surface area contributed by atoms with Gasteiger partial charge in [0.15, 0.2) is 9.84 Å². The molecule has 1 aliphatic heterocycles. The van der Waals surface area contributed by atoms with Crippen LogP contribution in [0.2, 0.25) is 0 Å². The molecule has 0 aromatic heterocycles. The Morgan fingerprint density at radius 1 is 0.947 bits per heavy atom. The monoisotopic (exact) mass is 542 g/mol. The lowest BCUT2D eigenvalue weighted by Crippen LogP contribution is -2.47. The van der Waals surface area contributed by atoms with E-state index in [0.717, 1.165) is 32.1 Å². The van der Waals surface area contributed by atoms with E-state index < -0.39 is 27.9 Å². The lowest BCUT2D eigenvalue weighted by molar-refractivity contribution is -0.143. The number of amides is 2. The maximum absolute atomic E-state index is 13.2. The van der Waals surface area contributed by atoms with Crippen LogP contribution in [0.1, 0.15) is 36.8 Å². The second-order valence-electron chi connectivity index (χ2n) is 10.1. The van der Waals surface area contributed by atoms with Crippen LogP contribution in [0.3, 0.4) is 0 Å². The summed E-state index contributed by atoms with van der Waals surface area (Å²) in [5, 5.41) is 12.6. The number of rotatable bonds is 8. The SMILES string of the molecule is O=C(O)C(Cc1ccc(OC(=O)N2CCS(=O)(=O)CC2)cc1)NC(=O)C1CCCCC1Cc1ccccc1. The van der Waals surface area contributed by atoms with Crippen molar-refractivity contribution in [3.63, 3.8) is 0 Å². The highest BCUT2D eigenvalue weighted by atomic mass is 32.2. The van der Waals surface area contributed by atoms with Gasteiger partial charge in [-0.05, 0) is 48.4 Å². The van der Waals surface area contributed by atoms with Crippen LogP contribution in [0.5, 0.6) is 5.75 Å². The van der Waals surface area contributed by atoms with Crippen molar-refractivity contribution < 1.29 is 32.6 Å². The van der Waals surface area contributed by atoms with Crippen molar-refractivity contribution in [3.8, 4) is 5.75 Å². The van der Waals surface area contributed by atoms with Gasteiger partial charge in [0.1, 0.15) is 11.8 Å². The number of carboxylic acid groups (broad SMARTS) is 1. The molecule has 2 fully saturated rings. The maximum Gasteiger partial charge on any atom is 0.415 e. The van der Waals surface area contributed by atoms with Gasteiger partial charge in [-0.2, -0.15) is 0 Å². The Morgan fingerprint density at radius 2 is 1.61 bits per heavy atom. The molecule has 2 N–H and O–H groups in total. The molecule has 0 spiro atoms. The minimum absolute atomic E-state index is 0.0861. The number of nitrogens with zero attached hydrogens (tertiary/aromatic N) is 1. The van der Waals surface area contributed by atoms with Gasteiger partial charge in [-0.1, -0.05) is 55.3 Å². The van der Waals surface area contributed by atoms with Crippen molar-refractivity contribution in [1.29, 1.82) is 0 Å². The predicted molar refractivity (Wildman–Crippen MR) is 142 cm³/mol. The highest BCUT2D eigenvalue weighted by Crippen LogP contribution is 2.33. The zero-order valence-electron chi connectivity index (χ0n) is 21.3. The van der Waals surface area contributed by atoms with Crippen molar-refractivity contribution in [2.45, 2.75) is 44.6 Å². The molecule has 10 heteroatoms. The average molecular weight is 543 g/mol. The van der Waals surface area contributed by atoms with Crippen LogP contribution in [-0.2, 0) is 32.3 Å². The molecule has 38 heavy (non-hydrogen) atoms. The van der Waals surface area contributed by atoms with Crippen molar-refractivity contribution in [2.24, 2.45) is 11.8 Å². The number of sulfone groups is 1. The molecular weight excluding hydrogens is 508 g/mol. The van der Waals surface area contributed by atoms with Gasteiger partial charge in [0.25, 0.3) is 0 Å². The molecule has 2 amide bonds. The average Bonchev–Trinajstić information content (AvgIpc) is 2.90. The van der Waals surface area contributed by atoms with E-state index in [2.05, 4.69) is 17.4 Å². The van der Waals surface area contributed by atoms with Gasteiger partial charge >= 0.3 is 12.1 Å². The second-order valence-corrected chi connectivity index (χ2v) is 12.4. The van der Waals surface area contributed by atoms with Crippen LogP contribution in [0, 0.1) is 11.8 Å². The number of hydrogen-bond donors (Lipinski definition) is 2. The van der Waals surface area contributed by atoms with Crippen LogP contribution in [0.25, 0.3) is 0 Å². The number of nitrogens with one attached hydrogen (secondary N) is 1. The molecule has 3 unspecified atom stereocenters. The minimum atomic E-state index is -3.11. The Balaban J connectivity index is 1.33. The van der Waals surface area contributed by atoms with E-state index in [-0.39, 0.29) is 54.5 Å². The number of ether oxygens (including phenoxy) is 1. The molecule has 3 atom stereocenters. The highest BCUT2D eigenvalue weighted by molar-refractivity contribution is 7.91. The first-order valence-electron chi connectivity index (χ1n) is 13.0. The van der Waals surface area contributed by atoms with Crippen LogP contribution < -0.4 is 10.1 Å². The van der Waals surface area contributed by atoms with Gasteiger partial charge in [-0.15, -0.1) is 0 Å². The molecule has 1 saturated heterocycles.